The van der Waals surface area contributed by atoms with Gasteiger partial charge in [-0.2, -0.15) is 0 Å². The van der Waals surface area contributed by atoms with E-state index in [0.717, 1.165) is 4.68 Å². The Bertz CT molecular complexity index is 687. The van der Waals surface area contributed by atoms with Crippen LogP contribution in [0, 0.1) is 10.1 Å². The van der Waals surface area contributed by atoms with E-state index in [2.05, 4.69) is 15.6 Å². The first-order chi connectivity index (χ1) is 9.95. The third kappa shape index (κ3) is 3.89. The van der Waals surface area contributed by atoms with Crippen LogP contribution in [0.2, 0.25) is 5.02 Å². The second-order valence-electron chi connectivity index (χ2n) is 4.07. The molecule has 0 aliphatic heterocycles. The van der Waals surface area contributed by atoms with Crippen LogP contribution in [0.15, 0.2) is 24.4 Å². The molecule has 0 bridgehead atoms. The maximum absolute atomic E-state index is 10.9. The zero-order valence-corrected chi connectivity index (χ0v) is 11.3. The molecule has 0 amide bonds. The summed E-state index contributed by atoms with van der Waals surface area (Å²) < 4.78 is 1.16. The van der Waals surface area contributed by atoms with Gasteiger partial charge < -0.3 is 10.4 Å². The highest BCUT2D eigenvalue weighted by molar-refractivity contribution is 6.31. The molecular weight excluding hydrogens is 302 g/mol. The Morgan fingerprint density at radius 2 is 2.29 bits per heavy atom. The van der Waals surface area contributed by atoms with Crippen molar-refractivity contribution in [2.24, 2.45) is 0 Å². The molecule has 21 heavy (non-hydrogen) atoms. The molecule has 1 heterocycles. The molecule has 0 unspecified atom stereocenters. The molecule has 1 aromatic carbocycles. The topological polar surface area (TPSA) is 123 Å². The summed E-state index contributed by atoms with van der Waals surface area (Å²) in [5, 5.41) is 30.1. The van der Waals surface area contributed by atoms with Crippen LogP contribution < -0.4 is 5.32 Å². The molecule has 110 valence electrons. The summed E-state index contributed by atoms with van der Waals surface area (Å²) in [7, 11) is 0. The Balaban J connectivity index is 2.09. The monoisotopic (exact) mass is 311 g/mol. The second-order valence-corrected chi connectivity index (χ2v) is 4.51. The van der Waals surface area contributed by atoms with Crippen molar-refractivity contribution in [3.8, 4) is 0 Å². The largest absolute Gasteiger partial charge is 0.480 e. The average Bonchev–Trinajstić information content (AvgIpc) is 2.82. The number of nitrogens with one attached hydrogen (secondary N) is 1. The van der Waals surface area contributed by atoms with E-state index < -0.39 is 10.9 Å². The normalized spacial score (nSPS) is 10.3. The van der Waals surface area contributed by atoms with Gasteiger partial charge in [-0.05, 0) is 12.1 Å². The maximum Gasteiger partial charge on any atom is 0.325 e. The van der Waals surface area contributed by atoms with Crippen molar-refractivity contribution in [1.29, 1.82) is 0 Å². The molecule has 0 atom stereocenters. The number of hydrogen-bond acceptors (Lipinski definition) is 6. The van der Waals surface area contributed by atoms with Gasteiger partial charge in [0.15, 0.2) is 0 Å². The summed E-state index contributed by atoms with van der Waals surface area (Å²) in [4.78, 5) is 20.9. The highest BCUT2D eigenvalue weighted by Crippen LogP contribution is 2.27. The highest BCUT2D eigenvalue weighted by atomic mass is 35.5. The predicted octanol–water partition coefficient (Wildman–Crippen LogP) is 1.54. The number of carboxylic acids is 1. The number of hydrogen-bond donors (Lipinski definition) is 2. The zero-order chi connectivity index (χ0) is 15.4. The predicted molar refractivity (Wildman–Crippen MR) is 73.1 cm³/mol. The van der Waals surface area contributed by atoms with Crippen molar-refractivity contribution in [2.45, 2.75) is 13.1 Å². The van der Waals surface area contributed by atoms with E-state index >= 15 is 0 Å². The SMILES string of the molecule is O=C(O)Cn1cc(CNc2cc(Cl)ccc2[N+](=O)[O-])nn1. The van der Waals surface area contributed by atoms with Gasteiger partial charge in [-0.3, -0.25) is 14.9 Å². The molecule has 0 radical (unpaired) electrons. The summed E-state index contributed by atoms with van der Waals surface area (Å²) in [6.07, 6.45) is 1.44. The Labute approximate surface area is 123 Å². The van der Waals surface area contributed by atoms with Crippen LogP contribution in [0.5, 0.6) is 0 Å². The lowest BCUT2D eigenvalue weighted by Gasteiger charge is -2.05. The maximum atomic E-state index is 10.9. The lowest BCUT2D eigenvalue weighted by Crippen LogP contribution is -2.09. The van der Waals surface area contributed by atoms with E-state index in [4.69, 9.17) is 16.7 Å². The molecular formula is C11H10ClN5O4. The van der Waals surface area contributed by atoms with E-state index in [0.29, 0.717) is 10.7 Å². The Kier molecular flexibility index (Phi) is 4.33. The molecule has 2 rings (SSSR count). The van der Waals surface area contributed by atoms with Crippen LogP contribution in [0.25, 0.3) is 0 Å². The van der Waals surface area contributed by atoms with Crippen LogP contribution in [0.1, 0.15) is 5.69 Å². The minimum atomic E-state index is -1.04. The fraction of sp³-hybridized carbons (Fsp3) is 0.182. The van der Waals surface area contributed by atoms with Crippen molar-refractivity contribution in [2.75, 3.05) is 5.32 Å². The molecule has 0 aliphatic rings. The van der Waals surface area contributed by atoms with Gasteiger partial charge in [-0.1, -0.05) is 16.8 Å². The van der Waals surface area contributed by atoms with Crippen LogP contribution in [0.3, 0.4) is 0 Å². The molecule has 0 saturated carbocycles. The fourth-order valence-electron chi connectivity index (χ4n) is 1.63. The van der Waals surface area contributed by atoms with Gasteiger partial charge in [0, 0.05) is 11.1 Å². The number of nitro groups is 1. The van der Waals surface area contributed by atoms with Crippen molar-refractivity contribution >= 4 is 28.9 Å². The quantitative estimate of drug-likeness (QED) is 0.612. The van der Waals surface area contributed by atoms with Crippen molar-refractivity contribution in [3.63, 3.8) is 0 Å². The minimum absolute atomic E-state index is 0.114. The molecule has 0 spiro atoms. The Morgan fingerprint density at radius 3 is 2.95 bits per heavy atom. The standard InChI is InChI=1S/C11H10ClN5O4/c12-7-1-2-10(17(20)21)9(3-7)13-4-8-5-16(15-14-8)6-11(18)19/h1-3,5,13H,4,6H2,(H,18,19). The van der Waals surface area contributed by atoms with Crippen molar-refractivity contribution < 1.29 is 14.8 Å². The summed E-state index contributed by atoms with van der Waals surface area (Å²) in [6.45, 7) is -0.148. The zero-order valence-electron chi connectivity index (χ0n) is 10.6. The molecule has 2 N–H and O–H groups in total. The number of halogens is 1. The van der Waals surface area contributed by atoms with Gasteiger partial charge in [0.2, 0.25) is 0 Å². The third-order valence-electron chi connectivity index (χ3n) is 2.50. The van der Waals surface area contributed by atoms with Crippen LogP contribution in [-0.2, 0) is 17.9 Å². The first kappa shape index (κ1) is 14.7. The van der Waals surface area contributed by atoms with Gasteiger partial charge >= 0.3 is 5.97 Å². The van der Waals surface area contributed by atoms with E-state index in [1.165, 1.54) is 24.4 Å². The fourth-order valence-corrected chi connectivity index (χ4v) is 1.80. The Hall–Kier alpha value is -2.68. The van der Waals surface area contributed by atoms with E-state index in [1.807, 2.05) is 0 Å². The summed E-state index contributed by atoms with van der Waals surface area (Å²) in [5.41, 5.74) is 0.586. The van der Waals surface area contributed by atoms with Crippen LogP contribution >= 0.6 is 11.6 Å². The smallest absolute Gasteiger partial charge is 0.325 e. The lowest BCUT2D eigenvalue weighted by molar-refractivity contribution is -0.384. The number of aromatic nitrogens is 3. The molecule has 0 fully saturated rings. The van der Waals surface area contributed by atoms with Crippen molar-refractivity contribution in [1.82, 2.24) is 15.0 Å². The van der Waals surface area contributed by atoms with Gasteiger partial charge in [-0.25, -0.2) is 4.68 Å². The van der Waals surface area contributed by atoms with E-state index in [9.17, 15) is 14.9 Å². The number of carbonyl (C=O) groups is 1. The molecule has 10 heteroatoms. The number of nitro benzene ring substituents is 1. The third-order valence-corrected chi connectivity index (χ3v) is 2.73. The van der Waals surface area contributed by atoms with Gasteiger partial charge in [-0.15, -0.1) is 5.10 Å². The number of anilines is 1. The minimum Gasteiger partial charge on any atom is -0.480 e. The first-order valence-corrected chi connectivity index (χ1v) is 6.12. The number of rotatable bonds is 6. The summed E-state index contributed by atoms with van der Waals surface area (Å²) in [6, 6.07) is 4.15. The average molecular weight is 312 g/mol. The lowest BCUT2D eigenvalue weighted by atomic mass is 10.2. The second kappa shape index (κ2) is 6.18. The van der Waals surface area contributed by atoms with Crippen LogP contribution in [0.4, 0.5) is 11.4 Å². The van der Waals surface area contributed by atoms with Crippen LogP contribution in [-0.4, -0.2) is 31.0 Å². The molecule has 0 saturated heterocycles. The van der Waals surface area contributed by atoms with E-state index in [-0.39, 0.29) is 24.5 Å². The van der Waals surface area contributed by atoms with Gasteiger partial charge in [0.25, 0.3) is 5.69 Å². The molecule has 1 aromatic heterocycles. The van der Waals surface area contributed by atoms with Crippen molar-refractivity contribution in [3.05, 3.63) is 45.2 Å². The molecule has 0 aliphatic carbocycles. The number of carboxylic acid groups (broad SMARTS) is 1. The van der Waals surface area contributed by atoms with Gasteiger partial charge in [0.05, 0.1) is 17.7 Å². The Morgan fingerprint density at radius 1 is 1.52 bits per heavy atom. The number of aliphatic carboxylic acids is 1. The number of nitrogens with zero attached hydrogens (tertiary/aromatic N) is 4. The van der Waals surface area contributed by atoms with Gasteiger partial charge in [0.1, 0.15) is 17.9 Å². The molecule has 2 aromatic rings. The number of benzene rings is 1. The van der Waals surface area contributed by atoms with E-state index in [1.54, 1.807) is 0 Å². The highest BCUT2D eigenvalue weighted by Gasteiger charge is 2.14. The first-order valence-electron chi connectivity index (χ1n) is 5.74. The molecule has 9 nitrogen and oxygen atoms in total. The summed E-state index contributed by atoms with van der Waals surface area (Å²) in [5.74, 6) is -1.04. The summed E-state index contributed by atoms with van der Waals surface area (Å²) >= 11 is 5.80.